The lowest BCUT2D eigenvalue weighted by Crippen LogP contribution is -2.38. The van der Waals surface area contributed by atoms with Gasteiger partial charge in [0, 0.05) is 6.61 Å². The number of hydrogen-bond acceptors (Lipinski definition) is 4. The van der Waals surface area contributed by atoms with E-state index in [-0.39, 0.29) is 12.0 Å². The fourth-order valence-electron chi connectivity index (χ4n) is 1.89. The van der Waals surface area contributed by atoms with E-state index in [9.17, 15) is 9.18 Å². The maximum Gasteiger partial charge on any atom is 0.242 e. The van der Waals surface area contributed by atoms with Gasteiger partial charge in [-0.25, -0.2) is 9.37 Å². The van der Waals surface area contributed by atoms with E-state index in [2.05, 4.69) is 10.3 Å². The van der Waals surface area contributed by atoms with Gasteiger partial charge in [0.05, 0.1) is 18.3 Å². The Morgan fingerprint density at radius 1 is 1.67 bits per heavy atom. The molecule has 2 atom stereocenters. The first-order chi connectivity index (χ1) is 8.65. The van der Waals surface area contributed by atoms with Crippen molar-refractivity contribution >= 4 is 11.7 Å². The third-order valence-electron chi connectivity index (χ3n) is 2.86. The van der Waals surface area contributed by atoms with Crippen LogP contribution >= 0.6 is 0 Å². The van der Waals surface area contributed by atoms with Crippen LogP contribution in [0.3, 0.4) is 0 Å². The molecule has 98 valence electrons. The average Bonchev–Trinajstić information content (AvgIpc) is 2.85. The van der Waals surface area contributed by atoms with Crippen LogP contribution in [0.15, 0.2) is 18.3 Å². The highest BCUT2D eigenvalue weighted by atomic mass is 19.1. The summed E-state index contributed by atoms with van der Waals surface area (Å²) < 4.78 is 18.1. The van der Waals surface area contributed by atoms with E-state index in [1.165, 1.54) is 12.1 Å². The maximum absolute atomic E-state index is 12.6. The fourth-order valence-corrected chi connectivity index (χ4v) is 1.89. The van der Waals surface area contributed by atoms with Gasteiger partial charge in [0.1, 0.15) is 11.6 Å². The molecule has 6 heteroatoms. The van der Waals surface area contributed by atoms with Crippen LogP contribution in [0.1, 0.15) is 19.3 Å². The molecular weight excluding hydrogens is 237 g/mol. The number of amides is 1. The summed E-state index contributed by atoms with van der Waals surface area (Å²) in [4.78, 5) is 15.5. The Bertz CT molecular complexity index is 404. The molecule has 1 aromatic heterocycles. The Kier molecular flexibility index (Phi) is 4.22. The molecule has 0 saturated carbocycles. The largest absolute Gasteiger partial charge is 0.378 e. The van der Waals surface area contributed by atoms with Crippen molar-refractivity contribution in [1.29, 1.82) is 0 Å². The van der Waals surface area contributed by atoms with Crippen LogP contribution in [0.5, 0.6) is 0 Å². The van der Waals surface area contributed by atoms with Crippen LogP contribution in [0.2, 0.25) is 0 Å². The number of pyridine rings is 1. The second kappa shape index (κ2) is 5.88. The molecule has 1 aliphatic rings. The monoisotopic (exact) mass is 253 g/mol. The number of halogens is 1. The minimum absolute atomic E-state index is 0.0620. The van der Waals surface area contributed by atoms with Gasteiger partial charge >= 0.3 is 0 Å². The standard InChI is InChI=1S/C12H16FN3O2/c13-8-3-4-11(15-7-8)16-12(17)10(14)6-9-2-1-5-18-9/h3-4,7,9-10H,1-2,5-6,14H2,(H,15,16,17). The molecule has 0 bridgehead atoms. The summed E-state index contributed by atoms with van der Waals surface area (Å²) in [6.45, 7) is 0.735. The quantitative estimate of drug-likeness (QED) is 0.841. The highest BCUT2D eigenvalue weighted by Crippen LogP contribution is 2.16. The van der Waals surface area contributed by atoms with E-state index in [0.29, 0.717) is 12.2 Å². The molecule has 0 aliphatic carbocycles. The molecule has 1 saturated heterocycles. The molecule has 2 rings (SSSR count). The molecule has 1 aromatic rings. The van der Waals surface area contributed by atoms with Crippen LogP contribution in [0.4, 0.5) is 10.2 Å². The molecule has 1 aliphatic heterocycles. The zero-order valence-electron chi connectivity index (χ0n) is 9.93. The van der Waals surface area contributed by atoms with Crippen LogP contribution in [0.25, 0.3) is 0 Å². The topological polar surface area (TPSA) is 77.2 Å². The Morgan fingerprint density at radius 2 is 2.50 bits per heavy atom. The summed E-state index contributed by atoms with van der Waals surface area (Å²) in [5, 5.41) is 2.55. The van der Waals surface area contributed by atoms with Gasteiger partial charge in [-0.1, -0.05) is 0 Å². The zero-order chi connectivity index (χ0) is 13.0. The molecule has 1 amide bonds. The molecule has 0 radical (unpaired) electrons. The number of nitrogens with one attached hydrogen (secondary N) is 1. The van der Waals surface area contributed by atoms with Crippen molar-refractivity contribution in [3.05, 3.63) is 24.1 Å². The number of hydrogen-bond donors (Lipinski definition) is 2. The Hall–Kier alpha value is -1.53. The van der Waals surface area contributed by atoms with Gasteiger partial charge in [0.15, 0.2) is 0 Å². The number of nitrogens with zero attached hydrogens (tertiary/aromatic N) is 1. The van der Waals surface area contributed by atoms with Gasteiger partial charge < -0.3 is 15.8 Å². The van der Waals surface area contributed by atoms with Gasteiger partial charge in [-0.3, -0.25) is 4.79 Å². The first-order valence-corrected chi connectivity index (χ1v) is 5.95. The predicted molar refractivity (Wildman–Crippen MR) is 64.4 cm³/mol. The number of ether oxygens (including phenoxy) is 1. The minimum Gasteiger partial charge on any atom is -0.378 e. The van der Waals surface area contributed by atoms with Gasteiger partial charge in [0.25, 0.3) is 0 Å². The van der Waals surface area contributed by atoms with Crippen molar-refractivity contribution in [3.63, 3.8) is 0 Å². The molecule has 18 heavy (non-hydrogen) atoms. The van der Waals surface area contributed by atoms with E-state index < -0.39 is 11.9 Å². The van der Waals surface area contributed by atoms with Crippen molar-refractivity contribution in [2.45, 2.75) is 31.4 Å². The van der Waals surface area contributed by atoms with E-state index in [0.717, 1.165) is 25.6 Å². The fraction of sp³-hybridized carbons (Fsp3) is 0.500. The van der Waals surface area contributed by atoms with Crippen molar-refractivity contribution in [2.75, 3.05) is 11.9 Å². The average molecular weight is 253 g/mol. The second-order valence-electron chi connectivity index (χ2n) is 4.33. The number of anilines is 1. The number of nitrogens with two attached hydrogens (primary N) is 1. The third kappa shape index (κ3) is 3.48. The van der Waals surface area contributed by atoms with Gasteiger partial charge in [-0.2, -0.15) is 0 Å². The van der Waals surface area contributed by atoms with Gasteiger partial charge in [-0.15, -0.1) is 0 Å². The summed E-state index contributed by atoms with van der Waals surface area (Å²) in [6, 6.07) is 1.99. The van der Waals surface area contributed by atoms with Crippen molar-refractivity contribution in [3.8, 4) is 0 Å². The zero-order valence-corrected chi connectivity index (χ0v) is 9.93. The molecule has 1 fully saturated rings. The second-order valence-corrected chi connectivity index (χ2v) is 4.33. The number of carbonyl (C=O) groups is 1. The highest BCUT2D eigenvalue weighted by Gasteiger charge is 2.23. The molecule has 2 unspecified atom stereocenters. The van der Waals surface area contributed by atoms with Crippen molar-refractivity contribution in [2.24, 2.45) is 5.73 Å². The molecular formula is C12H16FN3O2. The first-order valence-electron chi connectivity index (χ1n) is 5.95. The molecule has 5 nitrogen and oxygen atoms in total. The summed E-state index contributed by atoms with van der Waals surface area (Å²) in [5.74, 6) is -0.481. The lowest BCUT2D eigenvalue weighted by atomic mass is 10.1. The molecule has 3 N–H and O–H groups in total. The first kappa shape index (κ1) is 12.9. The number of rotatable bonds is 4. The Morgan fingerprint density at radius 3 is 3.11 bits per heavy atom. The molecule has 0 aromatic carbocycles. The van der Waals surface area contributed by atoms with Gasteiger partial charge in [0.2, 0.25) is 5.91 Å². The summed E-state index contributed by atoms with van der Waals surface area (Å²) in [5.41, 5.74) is 5.78. The molecule has 0 spiro atoms. The summed E-state index contributed by atoms with van der Waals surface area (Å²) in [7, 11) is 0. The SMILES string of the molecule is NC(CC1CCCO1)C(=O)Nc1ccc(F)cn1. The number of aromatic nitrogens is 1. The van der Waals surface area contributed by atoms with Crippen LogP contribution in [-0.4, -0.2) is 29.6 Å². The lowest BCUT2D eigenvalue weighted by Gasteiger charge is -2.15. The highest BCUT2D eigenvalue weighted by molar-refractivity contribution is 5.93. The third-order valence-corrected chi connectivity index (χ3v) is 2.86. The normalized spacial score (nSPS) is 20.7. The number of carbonyl (C=O) groups excluding carboxylic acids is 1. The smallest absolute Gasteiger partial charge is 0.242 e. The van der Waals surface area contributed by atoms with E-state index in [1.54, 1.807) is 0 Å². The predicted octanol–water partition coefficient (Wildman–Crippen LogP) is 1.06. The van der Waals surface area contributed by atoms with Crippen LogP contribution < -0.4 is 11.1 Å². The summed E-state index contributed by atoms with van der Waals surface area (Å²) >= 11 is 0. The minimum atomic E-state index is -0.639. The summed E-state index contributed by atoms with van der Waals surface area (Å²) in [6.07, 6.45) is 3.55. The Balaban J connectivity index is 1.84. The van der Waals surface area contributed by atoms with Crippen LogP contribution in [0, 0.1) is 5.82 Å². The van der Waals surface area contributed by atoms with E-state index >= 15 is 0 Å². The lowest BCUT2D eigenvalue weighted by molar-refractivity contribution is -0.118. The molecule has 2 heterocycles. The Labute approximate surface area is 105 Å². The van der Waals surface area contributed by atoms with E-state index in [1.807, 2.05) is 0 Å². The maximum atomic E-state index is 12.6. The van der Waals surface area contributed by atoms with Crippen molar-refractivity contribution in [1.82, 2.24) is 4.98 Å². The van der Waals surface area contributed by atoms with Crippen molar-refractivity contribution < 1.29 is 13.9 Å². The van der Waals surface area contributed by atoms with Gasteiger partial charge in [-0.05, 0) is 31.4 Å². The van der Waals surface area contributed by atoms with E-state index in [4.69, 9.17) is 10.5 Å². The van der Waals surface area contributed by atoms with Crippen LogP contribution in [-0.2, 0) is 9.53 Å².